The van der Waals surface area contributed by atoms with Gasteiger partial charge in [0.15, 0.2) is 0 Å². The number of alkyl carbamates (subject to hydrolysis) is 1. The largest absolute Gasteiger partial charge is 0.514 e. The monoisotopic (exact) mass is 492 g/mol. The van der Waals surface area contributed by atoms with Crippen molar-refractivity contribution < 1.29 is 33.4 Å². The number of carbonyl (C=O) groups is 4. The van der Waals surface area contributed by atoms with Crippen molar-refractivity contribution in [1.82, 2.24) is 10.6 Å². The number of rotatable bonds is 11. The van der Waals surface area contributed by atoms with Gasteiger partial charge in [0.25, 0.3) is 0 Å². The first-order valence-electron chi connectivity index (χ1n) is 11.9. The van der Waals surface area contributed by atoms with Crippen LogP contribution in [0.25, 0.3) is 0 Å². The van der Waals surface area contributed by atoms with Crippen molar-refractivity contribution in [2.45, 2.75) is 97.8 Å². The number of ketones is 1. The van der Waals surface area contributed by atoms with Crippen LogP contribution in [0.3, 0.4) is 0 Å². The predicted molar refractivity (Wildman–Crippen MR) is 132 cm³/mol. The van der Waals surface area contributed by atoms with Crippen LogP contribution in [-0.4, -0.2) is 47.7 Å². The zero-order chi connectivity index (χ0) is 26.6. The number of unbranched alkanes of at least 4 members (excludes halogenated alkanes) is 2. The number of hydrogen-bond donors (Lipinski definition) is 2. The first-order chi connectivity index (χ1) is 16.1. The SMILES string of the molecule is CC(=O)CCCCCNC(=O)[C@H](Cc1ccc(OC(=O)OC(C)(C)C)cc1)NC(=O)OC(C)(C)C. The molecule has 1 aromatic rings. The summed E-state index contributed by atoms with van der Waals surface area (Å²) in [6.45, 7) is 12.5. The summed E-state index contributed by atoms with van der Waals surface area (Å²) in [6.07, 6.45) is 1.58. The molecule has 0 aliphatic carbocycles. The van der Waals surface area contributed by atoms with Gasteiger partial charge in [-0.2, -0.15) is 0 Å². The molecule has 0 fully saturated rings. The molecule has 0 unspecified atom stereocenters. The third-order valence-electron chi connectivity index (χ3n) is 4.47. The van der Waals surface area contributed by atoms with Crippen molar-refractivity contribution >= 4 is 23.9 Å². The quantitative estimate of drug-likeness (QED) is 0.261. The second kappa shape index (κ2) is 13.7. The van der Waals surface area contributed by atoms with Crippen molar-refractivity contribution in [3.63, 3.8) is 0 Å². The summed E-state index contributed by atoms with van der Waals surface area (Å²) in [4.78, 5) is 48.0. The van der Waals surface area contributed by atoms with Crippen molar-refractivity contribution in [3.05, 3.63) is 29.8 Å². The highest BCUT2D eigenvalue weighted by Crippen LogP contribution is 2.17. The van der Waals surface area contributed by atoms with Crippen LogP contribution in [0, 0.1) is 0 Å². The molecule has 0 bridgehead atoms. The molecule has 0 aliphatic heterocycles. The minimum absolute atomic E-state index is 0.151. The van der Waals surface area contributed by atoms with Crippen LogP contribution in [0.15, 0.2) is 24.3 Å². The molecule has 9 nitrogen and oxygen atoms in total. The highest BCUT2D eigenvalue weighted by atomic mass is 16.7. The van der Waals surface area contributed by atoms with E-state index in [0.29, 0.717) is 18.7 Å². The summed E-state index contributed by atoms with van der Waals surface area (Å²) in [5, 5.41) is 5.48. The van der Waals surface area contributed by atoms with E-state index in [1.807, 2.05) is 0 Å². The molecule has 196 valence electrons. The maximum absolute atomic E-state index is 12.8. The third kappa shape index (κ3) is 14.7. The molecule has 0 spiro atoms. The molecule has 2 amide bonds. The molecule has 0 radical (unpaired) electrons. The minimum Gasteiger partial charge on any atom is -0.444 e. The second-order valence-electron chi connectivity index (χ2n) is 10.4. The summed E-state index contributed by atoms with van der Waals surface area (Å²) in [6, 6.07) is 5.74. The van der Waals surface area contributed by atoms with Crippen LogP contribution in [0.1, 0.15) is 79.7 Å². The normalized spacial score (nSPS) is 12.3. The van der Waals surface area contributed by atoms with Crippen LogP contribution in [0.4, 0.5) is 9.59 Å². The summed E-state index contributed by atoms with van der Waals surface area (Å²) < 4.78 is 15.6. The van der Waals surface area contributed by atoms with Gasteiger partial charge in [0, 0.05) is 19.4 Å². The van der Waals surface area contributed by atoms with E-state index in [2.05, 4.69) is 10.6 Å². The van der Waals surface area contributed by atoms with Crippen LogP contribution in [-0.2, 0) is 25.5 Å². The number of Topliss-reactive ketones (excluding diaryl/α,β-unsaturated/α-hetero) is 1. The molecule has 9 heteroatoms. The van der Waals surface area contributed by atoms with E-state index in [4.69, 9.17) is 14.2 Å². The molecule has 0 aromatic heterocycles. The first-order valence-corrected chi connectivity index (χ1v) is 11.9. The smallest absolute Gasteiger partial charge is 0.444 e. The van der Waals surface area contributed by atoms with Crippen molar-refractivity contribution in [2.24, 2.45) is 0 Å². The number of carbonyl (C=O) groups excluding carboxylic acids is 4. The first kappa shape index (κ1) is 29.9. The lowest BCUT2D eigenvalue weighted by atomic mass is 10.0. The molecule has 2 N–H and O–H groups in total. The summed E-state index contributed by atoms with van der Waals surface area (Å²) in [5.74, 6) is 0.115. The fourth-order valence-electron chi connectivity index (χ4n) is 2.97. The van der Waals surface area contributed by atoms with Gasteiger partial charge < -0.3 is 29.6 Å². The van der Waals surface area contributed by atoms with Crippen LogP contribution < -0.4 is 15.4 Å². The van der Waals surface area contributed by atoms with E-state index < -0.39 is 29.5 Å². The molecule has 35 heavy (non-hydrogen) atoms. The lowest BCUT2D eigenvalue weighted by Crippen LogP contribution is -2.49. The molecule has 1 aromatic carbocycles. The van der Waals surface area contributed by atoms with E-state index in [1.165, 1.54) is 0 Å². The molecular weight excluding hydrogens is 452 g/mol. The van der Waals surface area contributed by atoms with Gasteiger partial charge in [0.2, 0.25) is 5.91 Å². The highest BCUT2D eigenvalue weighted by molar-refractivity contribution is 5.86. The van der Waals surface area contributed by atoms with E-state index >= 15 is 0 Å². The Bertz CT molecular complexity index is 852. The van der Waals surface area contributed by atoms with Crippen LogP contribution in [0.2, 0.25) is 0 Å². The lowest BCUT2D eigenvalue weighted by Gasteiger charge is -2.23. The Morgan fingerprint density at radius 2 is 1.46 bits per heavy atom. The van der Waals surface area contributed by atoms with Gasteiger partial charge in [-0.05, 0) is 79.0 Å². The van der Waals surface area contributed by atoms with Gasteiger partial charge in [-0.25, -0.2) is 9.59 Å². The summed E-state index contributed by atoms with van der Waals surface area (Å²) in [7, 11) is 0. The maximum atomic E-state index is 12.8. The van der Waals surface area contributed by atoms with Gasteiger partial charge in [-0.1, -0.05) is 18.6 Å². The van der Waals surface area contributed by atoms with E-state index in [9.17, 15) is 19.2 Å². The molecule has 0 saturated carbocycles. The Balaban J connectivity index is 2.76. The number of ether oxygens (including phenoxy) is 3. The Morgan fingerprint density at radius 1 is 0.857 bits per heavy atom. The number of hydrogen-bond acceptors (Lipinski definition) is 7. The molecule has 1 atom stereocenters. The number of benzene rings is 1. The van der Waals surface area contributed by atoms with E-state index in [-0.39, 0.29) is 18.1 Å². The number of amides is 2. The zero-order valence-corrected chi connectivity index (χ0v) is 22.0. The fourth-order valence-corrected chi connectivity index (χ4v) is 2.97. The van der Waals surface area contributed by atoms with Gasteiger partial charge in [0.05, 0.1) is 0 Å². The number of nitrogens with one attached hydrogen (secondary N) is 2. The summed E-state index contributed by atoms with van der Waals surface area (Å²) >= 11 is 0. The van der Waals surface area contributed by atoms with Crippen molar-refractivity contribution in [1.29, 1.82) is 0 Å². The molecule has 1 rings (SSSR count). The predicted octanol–water partition coefficient (Wildman–Crippen LogP) is 4.70. The van der Waals surface area contributed by atoms with Crippen LogP contribution in [0.5, 0.6) is 5.75 Å². The third-order valence-corrected chi connectivity index (χ3v) is 4.47. The molecule has 0 saturated heterocycles. The topological polar surface area (TPSA) is 120 Å². The Hall–Kier alpha value is -3.10. The standard InChI is InChI=1S/C26H40N2O7/c1-18(29)11-9-8-10-16-27-22(30)21(28-23(31)34-25(2,3)4)17-19-12-14-20(15-13-19)33-24(32)35-26(5,6)7/h12-15,21H,8-11,16-17H2,1-7H3,(H,27,30)(H,28,31)/t21-/m0/s1. The fraction of sp³-hybridized carbons (Fsp3) is 0.615. The van der Waals surface area contributed by atoms with Crippen molar-refractivity contribution in [3.8, 4) is 5.75 Å². The summed E-state index contributed by atoms with van der Waals surface area (Å²) in [5.41, 5.74) is -0.625. The average Bonchev–Trinajstić information content (AvgIpc) is 2.68. The minimum atomic E-state index is -0.861. The maximum Gasteiger partial charge on any atom is 0.514 e. The molecule has 0 aliphatic rings. The van der Waals surface area contributed by atoms with Crippen molar-refractivity contribution in [2.75, 3.05) is 6.54 Å². The molecule has 0 heterocycles. The Kier molecular flexibility index (Phi) is 11.7. The van der Waals surface area contributed by atoms with E-state index in [0.717, 1.165) is 24.8 Å². The Morgan fingerprint density at radius 3 is 2.00 bits per heavy atom. The van der Waals surface area contributed by atoms with Gasteiger partial charge >= 0.3 is 12.2 Å². The lowest BCUT2D eigenvalue weighted by molar-refractivity contribution is -0.123. The molecular formula is C26H40N2O7. The Labute approximate surface area is 208 Å². The zero-order valence-electron chi connectivity index (χ0n) is 22.0. The van der Waals surface area contributed by atoms with Gasteiger partial charge in [-0.15, -0.1) is 0 Å². The second-order valence-corrected chi connectivity index (χ2v) is 10.4. The van der Waals surface area contributed by atoms with Crippen LogP contribution >= 0.6 is 0 Å². The van der Waals surface area contributed by atoms with Gasteiger partial charge in [-0.3, -0.25) is 4.79 Å². The average molecular weight is 493 g/mol. The van der Waals surface area contributed by atoms with E-state index in [1.54, 1.807) is 72.7 Å². The highest BCUT2D eigenvalue weighted by Gasteiger charge is 2.25. The van der Waals surface area contributed by atoms with Gasteiger partial charge in [0.1, 0.15) is 28.8 Å².